The minimum absolute atomic E-state index is 0.272. The lowest BCUT2D eigenvalue weighted by Crippen LogP contribution is -2.16. The van der Waals surface area contributed by atoms with Gasteiger partial charge in [0, 0.05) is 17.6 Å². The van der Waals surface area contributed by atoms with E-state index in [0.29, 0.717) is 16.5 Å². The third kappa shape index (κ3) is 4.33. The van der Waals surface area contributed by atoms with E-state index in [-0.39, 0.29) is 5.75 Å². The molecule has 0 spiro atoms. The first-order chi connectivity index (χ1) is 8.92. The van der Waals surface area contributed by atoms with Gasteiger partial charge in [0.2, 0.25) is 0 Å². The standard InChI is InChI=1S/C12H8ClF3N2O/c13-11-7-9(5-6-17-11)18-8-1-3-10(4-2-8)19-12(14,15)16/h1-7H,(H,17,18). The molecule has 1 heterocycles. The van der Waals surface area contributed by atoms with Gasteiger partial charge >= 0.3 is 6.36 Å². The molecule has 1 aromatic carbocycles. The van der Waals surface area contributed by atoms with E-state index in [1.807, 2.05) is 0 Å². The van der Waals surface area contributed by atoms with Crippen molar-refractivity contribution in [3.8, 4) is 5.75 Å². The summed E-state index contributed by atoms with van der Waals surface area (Å²) in [6.07, 6.45) is -3.17. The van der Waals surface area contributed by atoms with E-state index in [1.165, 1.54) is 30.5 Å². The van der Waals surface area contributed by atoms with Crippen molar-refractivity contribution >= 4 is 23.0 Å². The van der Waals surface area contributed by atoms with Crippen LogP contribution in [0.5, 0.6) is 5.75 Å². The highest BCUT2D eigenvalue weighted by Gasteiger charge is 2.30. The summed E-state index contributed by atoms with van der Waals surface area (Å²) >= 11 is 5.71. The Bertz CT molecular complexity index is 558. The Hall–Kier alpha value is -1.95. The van der Waals surface area contributed by atoms with E-state index >= 15 is 0 Å². The van der Waals surface area contributed by atoms with E-state index in [1.54, 1.807) is 12.1 Å². The quantitative estimate of drug-likeness (QED) is 0.851. The monoisotopic (exact) mass is 288 g/mol. The maximum Gasteiger partial charge on any atom is 0.573 e. The molecule has 2 rings (SSSR count). The number of nitrogens with one attached hydrogen (secondary N) is 1. The fourth-order valence-electron chi connectivity index (χ4n) is 1.39. The lowest BCUT2D eigenvalue weighted by molar-refractivity contribution is -0.274. The maximum absolute atomic E-state index is 12.0. The molecule has 0 amide bonds. The summed E-state index contributed by atoms with van der Waals surface area (Å²) in [5, 5.41) is 3.29. The van der Waals surface area contributed by atoms with E-state index in [0.717, 1.165) is 0 Å². The van der Waals surface area contributed by atoms with Gasteiger partial charge in [0.05, 0.1) is 0 Å². The summed E-state index contributed by atoms with van der Waals surface area (Å²) in [7, 11) is 0. The number of halogens is 4. The molecule has 0 aliphatic rings. The lowest BCUT2D eigenvalue weighted by Gasteiger charge is -2.10. The van der Waals surface area contributed by atoms with Gasteiger partial charge < -0.3 is 10.1 Å². The number of hydrogen-bond acceptors (Lipinski definition) is 3. The van der Waals surface area contributed by atoms with Gasteiger partial charge in [-0.2, -0.15) is 0 Å². The molecular weight excluding hydrogens is 281 g/mol. The zero-order valence-corrected chi connectivity index (χ0v) is 10.2. The first-order valence-corrected chi connectivity index (χ1v) is 5.54. The molecule has 0 bridgehead atoms. The normalized spacial score (nSPS) is 11.2. The van der Waals surface area contributed by atoms with E-state index in [2.05, 4.69) is 15.0 Å². The van der Waals surface area contributed by atoms with Gasteiger partial charge in [0.1, 0.15) is 10.9 Å². The van der Waals surface area contributed by atoms with Crippen LogP contribution in [0.4, 0.5) is 24.5 Å². The van der Waals surface area contributed by atoms with Crippen LogP contribution in [0.15, 0.2) is 42.6 Å². The number of hydrogen-bond donors (Lipinski definition) is 1. The highest BCUT2D eigenvalue weighted by molar-refractivity contribution is 6.29. The molecule has 3 nitrogen and oxygen atoms in total. The van der Waals surface area contributed by atoms with E-state index in [9.17, 15) is 13.2 Å². The summed E-state index contributed by atoms with van der Waals surface area (Å²) in [6.45, 7) is 0. The highest BCUT2D eigenvalue weighted by Crippen LogP contribution is 2.25. The number of nitrogens with zero attached hydrogens (tertiary/aromatic N) is 1. The average molecular weight is 289 g/mol. The van der Waals surface area contributed by atoms with Crippen LogP contribution in [-0.2, 0) is 0 Å². The van der Waals surface area contributed by atoms with Crippen LogP contribution in [0.3, 0.4) is 0 Å². The van der Waals surface area contributed by atoms with E-state index < -0.39 is 6.36 Å². The minimum Gasteiger partial charge on any atom is -0.406 e. The van der Waals surface area contributed by atoms with Gasteiger partial charge in [-0.3, -0.25) is 0 Å². The van der Waals surface area contributed by atoms with Gasteiger partial charge in [-0.25, -0.2) is 4.98 Å². The molecule has 0 aliphatic carbocycles. The van der Waals surface area contributed by atoms with Crippen molar-refractivity contribution in [3.05, 3.63) is 47.7 Å². The number of aromatic nitrogens is 1. The topological polar surface area (TPSA) is 34.1 Å². The Morgan fingerprint density at radius 3 is 2.32 bits per heavy atom. The molecule has 2 aromatic rings. The second-order valence-electron chi connectivity index (χ2n) is 3.56. The molecule has 0 fully saturated rings. The Balaban J connectivity index is 2.07. The molecule has 100 valence electrons. The van der Waals surface area contributed by atoms with Crippen LogP contribution in [0.25, 0.3) is 0 Å². The number of alkyl halides is 3. The number of pyridine rings is 1. The summed E-state index contributed by atoms with van der Waals surface area (Å²) < 4.78 is 39.7. The molecular formula is C12H8ClF3N2O. The fourth-order valence-corrected chi connectivity index (χ4v) is 1.56. The zero-order valence-electron chi connectivity index (χ0n) is 9.41. The van der Waals surface area contributed by atoms with Gasteiger partial charge in [0.15, 0.2) is 0 Å². The first-order valence-electron chi connectivity index (χ1n) is 5.17. The van der Waals surface area contributed by atoms with Gasteiger partial charge in [0.25, 0.3) is 0 Å². The van der Waals surface area contributed by atoms with Crippen molar-refractivity contribution < 1.29 is 17.9 Å². The molecule has 0 aliphatic heterocycles. The summed E-state index contributed by atoms with van der Waals surface area (Å²) in [5.74, 6) is -0.272. The molecule has 0 saturated carbocycles. The second-order valence-corrected chi connectivity index (χ2v) is 3.95. The van der Waals surface area contributed by atoms with Crippen LogP contribution in [0.1, 0.15) is 0 Å². The minimum atomic E-state index is -4.69. The second kappa shape index (κ2) is 5.36. The highest BCUT2D eigenvalue weighted by atomic mass is 35.5. The SMILES string of the molecule is FC(F)(F)Oc1ccc(Nc2ccnc(Cl)c2)cc1. The molecule has 7 heteroatoms. The molecule has 19 heavy (non-hydrogen) atoms. The van der Waals surface area contributed by atoms with Crippen LogP contribution < -0.4 is 10.1 Å². The Kier molecular flexibility index (Phi) is 3.80. The fraction of sp³-hybridized carbons (Fsp3) is 0.0833. The Morgan fingerprint density at radius 1 is 1.05 bits per heavy atom. The maximum atomic E-state index is 12.0. The van der Waals surface area contributed by atoms with Gasteiger partial charge in [-0.15, -0.1) is 13.2 Å². The van der Waals surface area contributed by atoms with E-state index in [4.69, 9.17) is 11.6 Å². The predicted molar refractivity (Wildman–Crippen MR) is 65.7 cm³/mol. The molecule has 0 unspecified atom stereocenters. The number of anilines is 2. The zero-order chi connectivity index (χ0) is 13.9. The smallest absolute Gasteiger partial charge is 0.406 e. The summed E-state index contributed by atoms with van der Waals surface area (Å²) in [6, 6.07) is 8.66. The van der Waals surface area contributed by atoms with Crippen LogP contribution in [-0.4, -0.2) is 11.3 Å². The third-order valence-corrected chi connectivity index (χ3v) is 2.31. The third-order valence-electron chi connectivity index (χ3n) is 2.10. The largest absolute Gasteiger partial charge is 0.573 e. The molecule has 1 N–H and O–H groups in total. The van der Waals surface area contributed by atoms with Crippen molar-refractivity contribution in [1.29, 1.82) is 0 Å². The van der Waals surface area contributed by atoms with Crippen LogP contribution >= 0.6 is 11.6 Å². The number of benzene rings is 1. The predicted octanol–water partition coefficient (Wildman–Crippen LogP) is 4.38. The Morgan fingerprint density at radius 2 is 1.74 bits per heavy atom. The van der Waals surface area contributed by atoms with Crippen LogP contribution in [0.2, 0.25) is 5.15 Å². The summed E-state index contributed by atoms with van der Waals surface area (Å²) in [4.78, 5) is 3.82. The Labute approximate surface area is 112 Å². The first kappa shape index (κ1) is 13.5. The van der Waals surface area contributed by atoms with Crippen molar-refractivity contribution in [2.45, 2.75) is 6.36 Å². The van der Waals surface area contributed by atoms with Crippen molar-refractivity contribution in [2.75, 3.05) is 5.32 Å². The summed E-state index contributed by atoms with van der Waals surface area (Å²) in [5.41, 5.74) is 1.29. The molecule has 1 aromatic heterocycles. The average Bonchev–Trinajstić information content (AvgIpc) is 2.30. The number of ether oxygens (including phenoxy) is 1. The molecule has 0 saturated heterocycles. The molecule has 0 radical (unpaired) electrons. The lowest BCUT2D eigenvalue weighted by atomic mass is 10.3. The van der Waals surface area contributed by atoms with Gasteiger partial charge in [-0.1, -0.05) is 11.6 Å². The van der Waals surface area contributed by atoms with Crippen molar-refractivity contribution in [1.82, 2.24) is 4.98 Å². The number of rotatable bonds is 3. The molecule has 0 atom stereocenters. The van der Waals surface area contributed by atoms with Gasteiger partial charge in [-0.05, 0) is 36.4 Å². The van der Waals surface area contributed by atoms with Crippen LogP contribution in [0, 0.1) is 0 Å². The van der Waals surface area contributed by atoms with Crippen molar-refractivity contribution in [2.24, 2.45) is 0 Å². The van der Waals surface area contributed by atoms with Crippen molar-refractivity contribution in [3.63, 3.8) is 0 Å².